The molecule has 1 atom stereocenters. The Labute approximate surface area is 129 Å². The number of rotatable bonds is 7. The van der Waals surface area contributed by atoms with E-state index < -0.39 is 12.0 Å². The van der Waals surface area contributed by atoms with Crippen molar-refractivity contribution < 1.29 is 14.7 Å². The Morgan fingerprint density at radius 2 is 2.10 bits per heavy atom. The standard InChI is InChI=1S/C13H17ClN2O3.ClH/c1-2-4-11(13(18)19)15-8-12(17)16-10-6-3-5-9(14)7-10;/h3,5-7,11,15H,2,4,8H2,1H3,(H,16,17)(H,18,19);1H. The topological polar surface area (TPSA) is 78.4 Å². The van der Waals surface area contributed by atoms with Crippen LogP contribution in [0.3, 0.4) is 0 Å². The van der Waals surface area contributed by atoms with Crippen LogP contribution in [0.5, 0.6) is 0 Å². The van der Waals surface area contributed by atoms with Crippen LogP contribution in [0.1, 0.15) is 19.8 Å². The smallest absolute Gasteiger partial charge is 0.320 e. The van der Waals surface area contributed by atoms with Crippen molar-refractivity contribution in [2.75, 3.05) is 11.9 Å². The van der Waals surface area contributed by atoms with Gasteiger partial charge in [-0.3, -0.25) is 14.9 Å². The summed E-state index contributed by atoms with van der Waals surface area (Å²) in [4.78, 5) is 22.5. The third-order valence-corrected chi connectivity index (χ3v) is 2.73. The molecule has 0 saturated carbocycles. The first-order chi connectivity index (χ1) is 9.02. The molecule has 0 heterocycles. The summed E-state index contributed by atoms with van der Waals surface area (Å²) in [5, 5.41) is 14.8. The number of hydrogen-bond acceptors (Lipinski definition) is 3. The molecule has 7 heteroatoms. The van der Waals surface area contributed by atoms with Crippen LogP contribution in [0.4, 0.5) is 5.69 Å². The molecule has 3 N–H and O–H groups in total. The van der Waals surface area contributed by atoms with Gasteiger partial charge in [-0.1, -0.05) is 31.0 Å². The fraction of sp³-hybridized carbons (Fsp3) is 0.385. The molecule has 1 amide bonds. The predicted molar refractivity (Wildman–Crippen MR) is 81.7 cm³/mol. The molecule has 0 saturated heterocycles. The molecule has 1 aromatic rings. The van der Waals surface area contributed by atoms with Gasteiger partial charge in [0, 0.05) is 10.7 Å². The number of halogens is 2. The molecule has 5 nitrogen and oxygen atoms in total. The number of amides is 1. The van der Waals surface area contributed by atoms with E-state index >= 15 is 0 Å². The van der Waals surface area contributed by atoms with E-state index in [1.54, 1.807) is 24.3 Å². The van der Waals surface area contributed by atoms with Crippen molar-refractivity contribution in [3.63, 3.8) is 0 Å². The number of hydrogen-bond donors (Lipinski definition) is 3. The number of carbonyl (C=O) groups is 2. The molecule has 0 bridgehead atoms. The minimum atomic E-state index is -0.947. The first-order valence-corrected chi connectivity index (χ1v) is 6.42. The molecule has 1 rings (SSSR count). The van der Waals surface area contributed by atoms with Crippen molar-refractivity contribution in [1.82, 2.24) is 5.32 Å². The number of anilines is 1. The summed E-state index contributed by atoms with van der Waals surface area (Å²) in [6, 6.07) is 6.07. The molecule has 0 aliphatic carbocycles. The van der Waals surface area contributed by atoms with E-state index in [9.17, 15) is 9.59 Å². The van der Waals surface area contributed by atoms with Gasteiger partial charge in [0.1, 0.15) is 6.04 Å². The van der Waals surface area contributed by atoms with Crippen LogP contribution in [-0.2, 0) is 9.59 Å². The molecule has 0 radical (unpaired) electrons. The summed E-state index contributed by atoms with van der Waals surface area (Å²) in [5.41, 5.74) is 0.585. The Morgan fingerprint density at radius 1 is 1.40 bits per heavy atom. The maximum Gasteiger partial charge on any atom is 0.320 e. The Hall–Kier alpha value is -1.30. The average molecular weight is 321 g/mol. The zero-order valence-electron chi connectivity index (χ0n) is 11.1. The molecular formula is C13H18Cl2N2O3. The van der Waals surface area contributed by atoms with E-state index in [4.69, 9.17) is 16.7 Å². The van der Waals surface area contributed by atoms with Gasteiger partial charge in [0.15, 0.2) is 0 Å². The van der Waals surface area contributed by atoms with Crippen molar-refractivity contribution >= 4 is 41.6 Å². The lowest BCUT2D eigenvalue weighted by Gasteiger charge is -2.13. The van der Waals surface area contributed by atoms with E-state index in [2.05, 4.69) is 10.6 Å². The number of carbonyl (C=O) groups excluding carboxylic acids is 1. The van der Waals surface area contributed by atoms with Crippen LogP contribution in [0.2, 0.25) is 5.02 Å². The Balaban J connectivity index is 0.00000361. The SMILES string of the molecule is CCCC(NCC(=O)Nc1cccc(Cl)c1)C(=O)O.Cl. The summed E-state index contributed by atoms with van der Waals surface area (Å²) in [5.74, 6) is -1.25. The molecular weight excluding hydrogens is 303 g/mol. The third-order valence-electron chi connectivity index (χ3n) is 2.49. The van der Waals surface area contributed by atoms with Gasteiger partial charge >= 0.3 is 5.97 Å². The Morgan fingerprint density at radius 3 is 2.65 bits per heavy atom. The maximum absolute atomic E-state index is 11.6. The van der Waals surface area contributed by atoms with Crippen LogP contribution >= 0.6 is 24.0 Å². The first-order valence-electron chi connectivity index (χ1n) is 6.04. The van der Waals surface area contributed by atoms with Crippen molar-refractivity contribution in [3.8, 4) is 0 Å². The fourth-order valence-corrected chi connectivity index (χ4v) is 1.78. The molecule has 112 valence electrons. The third kappa shape index (κ3) is 6.75. The number of carboxylic acids is 1. The Kier molecular flexibility index (Phi) is 8.96. The quantitative estimate of drug-likeness (QED) is 0.721. The monoisotopic (exact) mass is 320 g/mol. The van der Waals surface area contributed by atoms with Gasteiger partial charge in [0.05, 0.1) is 6.54 Å². The highest BCUT2D eigenvalue weighted by atomic mass is 35.5. The summed E-state index contributed by atoms with van der Waals surface area (Å²) in [6.45, 7) is 1.84. The lowest BCUT2D eigenvalue weighted by Crippen LogP contribution is -2.41. The Bertz CT molecular complexity index is 455. The van der Waals surface area contributed by atoms with Crippen molar-refractivity contribution in [3.05, 3.63) is 29.3 Å². The second kappa shape index (κ2) is 9.58. The zero-order valence-corrected chi connectivity index (χ0v) is 12.6. The van der Waals surface area contributed by atoms with Crippen LogP contribution in [0.15, 0.2) is 24.3 Å². The number of carboxylic acid groups (broad SMARTS) is 1. The first kappa shape index (κ1) is 18.7. The van der Waals surface area contributed by atoms with E-state index in [0.717, 1.165) is 6.42 Å². The summed E-state index contributed by atoms with van der Waals surface area (Å²) >= 11 is 5.79. The van der Waals surface area contributed by atoms with E-state index in [0.29, 0.717) is 17.1 Å². The normalized spacial score (nSPS) is 11.3. The highest BCUT2D eigenvalue weighted by Gasteiger charge is 2.16. The number of nitrogens with one attached hydrogen (secondary N) is 2. The van der Waals surface area contributed by atoms with Crippen molar-refractivity contribution in [1.29, 1.82) is 0 Å². The molecule has 0 aliphatic rings. The highest BCUT2D eigenvalue weighted by Crippen LogP contribution is 2.14. The molecule has 0 spiro atoms. The number of benzene rings is 1. The molecule has 0 aliphatic heterocycles. The van der Waals surface area contributed by atoms with Crippen LogP contribution in [0, 0.1) is 0 Å². The minimum absolute atomic E-state index is 0. The van der Waals surface area contributed by atoms with Gasteiger partial charge in [-0.25, -0.2) is 0 Å². The van der Waals surface area contributed by atoms with Gasteiger partial charge in [-0.05, 0) is 24.6 Å². The van der Waals surface area contributed by atoms with Gasteiger partial charge in [-0.15, -0.1) is 12.4 Å². The second-order valence-electron chi connectivity index (χ2n) is 4.12. The van der Waals surface area contributed by atoms with Gasteiger partial charge in [0.25, 0.3) is 0 Å². The van der Waals surface area contributed by atoms with Crippen molar-refractivity contribution in [2.24, 2.45) is 0 Å². The van der Waals surface area contributed by atoms with E-state index in [1.165, 1.54) is 0 Å². The maximum atomic E-state index is 11.6. The predicted octanol–water partition coefficient (Wildman–Crippen LogP) is 2.54. The van der Waals surface area contributed by atoms with Crippen LogP contribution < -0.4 is 10.6 Å². The lowest BCUT2D eigenvalue weighted by atomic mass is 10.2. The summed E-state index contributed by atoms with van der Waals surface area (Å²) in [6.07, 6.45) is 1.22. The van der Waals surface area contributed by atoms with Gasteiger partial charge in [-0.2, -0.15) is 0 Å². The van der Waals surface area contributed by atoms with Crippen LogP contribution in [0.25, 0.3) is 0 Å². The average Bonchev–Trinajstić information content (AvgIpc) is 2.34. The van der Waals surface area contributed by atoms with Crippen LogP contribution in [-0.4, -0.2) is 29.6 Å². The van der Waals surface area contributed by atoms with E-state index in [-0.39, 0.29) is 24.9 Å². The molecule has 20 heavy (non-hydrogen) atoms. The molecule has 0 aromatic heterocycles. The highest BCUT2D eigenvalue weighted by molar-refractivity contribution is 6.30. The molecule has 1 unspecified atom stereocenters. The van der Waals surface area contributed by atoms with Crippen molar-refractivity contribution in [2.45, 2.75) is 25.8 Å². The lowest BCUT2D eigenvalue weighted by molar-refractivity contribution is -0.139. The minimum Gasteiger partial charge on any atom is -0.480 e. The van der Waals surface area contributed by atoms with Gasteiger partial charge < -0.3 is 10.4 Å². The number of aliphatic carboxylic acids is 1. The molecule has 0 fully saturated rings. The molecule has 1 aromatic carbocycles. The summed E-state index contributed by atoms with van der Waals surface area (Å²) in [7, 11) is 0. The van der Waals surface area contributed by atoms with E-state index in [1.807, 2.05) is 6.92 Å². The fourth-order valence-electron chi connectivity index (χ4n) is 1.59. The largest absolute Gasteiger partial charge is 0.480 e. The zero-order chi connectivity index (χ0) is 14.3. The van der Waals surface area contributed by atoms with Gasteiger partial charge in [0.2, 0.25) is 5.91 Å². The second-order valence-corrected chi connectivity index (χ2v) is 4.56. The summed E-state index contributed by atoms with van der Waals surface area (Å²) < 4.78 is 0.